The fourth-order valence-electron chi connectivity index (χ4n) is 3.19. The summed E-state index contributed by atoms with van der Waals surface area (Å²) in [5.41, 5.74) is 5.01. The molecule has 1 amide bonds. The zero-order valence-corrected chi connectivity index (χ0v) is 14.4. The average molecular weight is 347 g/mol. The minimum atomic E-state index is -0.225. The van der Waals surface area contributed by atoms with Crippen LogP contribution in [0, 0.1) is 5.82 Å². The Kier molecular flexibility index (Phi) is 4.21. The quantitative estimate of drug-likeness (QED) is 0.725. The number of halogens is 1. The molecule has 3 aromatic rings. The number of aromatic nitrogens is 2. The highest BCUT2D eigenvalue weighted by Gasteiger charge is 2.23. The summed E-state index contributed by atoms with van der Waals surface area (Å²) >= 11 is 0. The number of amides is 1. The minimum absolute atomic E-state index is 0.115. The molecule has 4 nitrogen and oxygen atoms in total. The van der Waals surface area contributed by atoms with Gasteiger partial charge in [0.25, 0.3) is 0 Å². The van der Waals surface area contributed by atoms with Crippen molar-refractivity contribution in [1.29, 1.82) is 0 Å². The number of anilines is 1. The molecule has 4 rings (SSSR count). The lowest BCUT2D eigenvalue weighted by Gasteiger charge is -2.10. The van der Waals surface area contributed by atoms with E-state index < -0.39 is 0 Å². The summed E-state index contributed by atoms with van der Waals surface area (Å²) in [4.78, 5) is 22.4. The third-order valence-corrected chi connectivity index (χ3v) is 4.75. The number of nitrogens with zero attached hydrogens (tertiary/aromatic N) is 3. The predicted molar refractivity (Wildman–Crippen MR) is 98.4 cm³/mol. The molecule has 0 atom stereocenters. The first-order valence-electron chi connectivity index (χ1n) is 8.55. The summed E-state index contributed by atoms with van der Waals surface area (Å²) in [5.74, 6) is 0.648. The van der Waals surface area contributed by atoms with Crippen molar-refractivity contribution in [2.45, 2.75) is 19.3 Å². The van der Waals surface area contributed by atoms with Gasteiger partial charge in [0.05, 0.1) is 6.42 Å². The molecule has 1 aliphatic rings. The van der Waals surface area contributed by atoms with Crippen molar-refractivity contribution in [3.63, 3.8) is 0 Å². The van der Waals surface area contributed by atoms with E-state index in [1.165, 1.54) is 12.1 Å². The van der Waals surface area contributed by atoms with E-state index in [1.807, 2.05) is 30.6 Å². The summed E-state index contributed by atoms with van der Waals surface area (Å²) < 4.78 is 12.9. The number of hydrogen-bond donors (Lipinski definition) is 0. The molecule has 0 radical (unpaired) electrons. The monoisotopic (exact) mass is 347 g/mol. The van der Waals surface area contributed by atoms with Gasteiger partial charge in [-0.05, 0) is 47.4 Å². The molecule has 0 saturated heterocycles. The molecule has 26 heavy (non-hydrogen) atoms. The second kappa shape index (κ2) is 6.67. The first-order valence-corrected chi connectivity index (χ1v) is 8.55. The summed E-state index contributed by atoms with van der Waals surface area (Å²) in [7, 11) is 1.80. The lowest BCUT2D eigenvalue weighted by atomic mass is 10.0. The smallest absolute Gasteiger partial charge is 0.231 e. The second-order valence-electron chi connectivity index (χ2n) is 6.49. The van der Waals surface area contributed by atoms with Crippen LogP contribution in [-0.4, -0.2) is 22.9 Å². The van der Waals surface area contributed by atoms with E-state index in [4.69, 9.17) is 0 Å². The molecule has 0 N–H and O–H groups in total. The Morgan fingerprint density at radius 1 is 1.00 bits per heavy atom. The lowest BCUT2D eigenvalue weighted by molar-refractivity contribution is -0.117. The Morgan fingerprint density at radius 2 is 1.73 bits per heavy atom. The van der Waals surface area contributed by atoms with Crippen LogP contribution in [0.25, 0.3) is 11.1 Å². The third-order valence-electron chi connectivity index (χ3n) is 4.75. The Morgan fingerprint density at radius 3 is 2.46 bits per heavy atom. The van der Waals surface area contributed by atoms with Gasteiger partial charge in [0.15, 0.2) is 0 Å². The molecule has 0 saturated carbocycles. The molecule has 0 fully saturated rings. The molecule has 130 valence electrons. The number of carbonyl (C=O) groups excluding carboxylic acids is 1. The third kappa shape index (κ3) is 3.20. The normalized spacial score (nSPS) is 13.2. The van der Waals surface area contributed by atoms with E-state index in [0.29, 0.717) is 12.8 Å². The lowest BCUT2D eigenvalue weighted by Crippen LogP contribution is -2.20. The molecule has 0 spiro atoms. The van der Waals surface area contributed by atoms with Crippen LogP contribution < -0.4 is 4.90 Å². The van der Waals surface area contributed by atoms with Gasteiger partial charge in [-0.1, -0.05) is 18.2 Å². The van der Waals surface area contributed by atoms with E-state index in [1.54, 1.807) is 24.1 Å². The predicted octanol–water partition coefficient (Wildman–Crippen LogP) is 3.59. The zero-order valence-electron chi connectivity index (χ0n) is 14.4. The van der Waals surface area contributed by atoms with E-state index in [0.717, 1.165) is 40.2 Å². The Hall–Kier alpha value is -3.08. The Bertz CT molecular complexity index is 952. The van der Waals surface area contributed by atoms with Gasteiger partial charge in [-0.25, -0.2) is 14.4 Å². The maximum Gasteiger partial charge on any atom is 0.231 e. The van der Waals surface area contributed by atoms with Gasteiger partial charge in [0, 0.05) is 37.1 Å². The van der Waals surface area contributed by atoms with Gasteiger partial charge < -0.3 is 4.90 Å². The topological polar surface area (TPSA) is 46.1 Å². The van der Waals surface area contributed by atoms with Crippen molar-refractivity contribution >= 4 is 11.6 Å². The summed E-state index contributed by atoms with van der Waals surface area (Å²) in [6.45, 7) is 0. The first-order chi connectivity index (χ1) is 12.6. The maximum atomic E-state index is 12.9. The number of hydrogen-bond acceptors (Lipinski definition) is 3. The van der Waals surface area contributed by atoms with Crippen LogP contribution in [0.5, 0.6) is 0 Å². The first kappa shape index (κ1) is 16.4. The van der Waals surface area contributed by atoms with Crippen molar-refractivity contribution in [2.24, 2.45) is 0 Å². The highest BCUT2D eigenvalue weighted by molar-refractivity contribution is 6.01. The van der Waals surface area contributed by atoms with Gasteiger partial charge in [0.2, 0.25) is 5.91 Å². The molecule has 5 heteroatoms. The fraction of sp³-hybridized carbons (Fsp3) is 0.190. The van der Waals surface area contributed by atoms with Gasteiger partial charge in [-0.2, -0.15) is 0 Å². The molecule has 0 unspecified atom stereocenters. The van der Waals surface area contributed by atoms with Gasteiger partial charge in [-0.3, -0.25) is 4.79 Å². The largest absolute Gasteiger partial charge is 0.315 e. The molecule has 1 aliphatic heterocycles. The zero-order chi connectivity index (χ0) is 18.1. The van der Waals surface area contributed by atoms with Crippen LogP contribution in [-0.2, 0) is 24.1 Å². The van der Waals surface area contributed by atoms with Crippen molar-refractivity contribution in [3.8, 4) is 11.1 Å². The molecule has 0 aliphatic carbocycles. The van der Waals surface area contributed by atoms with Gasteiger partial charge >= 0.3 is 0 Å². The van der Waals surface area contributed by atoms with Crippen LogP contribution in [0.4, 0.5) is 10.1 Å². The van der Waals surface area contributed by atoms with Crippen LogP contribution in [0.2, 0.25) is 0 Å². The molecule has 2 aromatic carbocycles. The van der Waals surface area contributed by atoms with Crippen LogP contribution in [0.15, 0.2) is 54.9 Å². The summed E-state index contributed by atoms with van der Waals surface area (Å²) in [6, 6.07) is 12.5. The van der Waals surface area contributed by atoms with E-state index in [-0.39, 0.29) is 11.7 Å². The maximum absolute atomic E-state index is 12.9. The van der Waals surface area contributed by atoms with Crippen molar-refractivity contribution < 1.29 is 9.18 Å². The standard InChI is InChI=1S/C21H18FN3O/c1-25-19-8-5-15(10-16(19)11-21(25)26)17-12-23-20(24-13-17)9-4-14-2-6-18(22)7-3-14/h2-3,5-8,10,12-13H,4,9,11H2,1H3. The van der Waals surface area contributed by atoms with E-state index in [2.05, 4.69) is 9.97 Å². The van der Waals surface area contributed by atoms with Crippen LogP contribution >= 0.6 is 0 Å². The molecular formula is C21H18FN3O. The van der Waals surface area contributed by atoms with E-state index >= 15 is 0 Å². The molecular weight excluding hydrogens is 329 g/mol. The molecule has 2 heterocycles. The molecule has 0 bridgehead atoms. The highest BCUT2D eigenvalue weighted by Crippen LogP contribution is 2.31. The second-order valence-corrected chi connectivity index (χ2v) is 6.49. The van der Waals surface area contributed by atoms with Crippen molar-refractivity contribution in [2.75, 3.05) is 11.9 Å². The summed E-state index contributed by atoms with van der Waals surface area (Å²) in [6.07, 6.45) is 5.54. The number of benzene rings is 2. The number of fused-ring (bicyclic) bond motifs is 1. The highest BCUT2D eigenvalue weighted by atomic mass is 19.1. The van der Waals surface area contributed by atoms with E-state index in [9.17, 15) is 9.18 Å². The molecule has 1 aromatic heterocycles. The Balaban J connectivity index is 1.47. The van der Waals surface area contributed by atoms with Crippen LogP contribution in [0.1, 0.15) is 17.0 Å². The fourth-order valence-corrected chi connectivity index (χ4v) is 3.19. The minimum Gasteiger partial charge on any atom is -0.315 e. The van der Waals surface area contributed by atoms with Crippen molar-refractivity contribution in [3.05, 3.63) is 77.6 Å². The Labute approximate surface area is 151 Å². The van der Waals surface area contributed by atoms with Crippen LogP contribution in [0.3, 0.4) is 0 Å². The number of likely N-dealkylation sites (N-methyl/N-ethyl adjacent to an activating group) is 1. The van der Waals surface area contributed by atoms with Gasteiger partial charge in [-0.15, -0.1) is 0 Å². The van der Waals surface area contributed by atoms with Crippen molar-refractivity contribution in [1.82, 2.24) is 9.97 Å². The van der Waals surface area contributed by atoms with Gasteiger partial charge in [0.1, 0.15) is 11.6 Å². The summed E-state index contributed by atoms with van der Waals surface area (Å²) in [5, 5.41) is 0. The number of rotatable bonds is 4. The SMILES string of the molecule is CN1C(=O)Cc2cc(-c3cnc(CCc4ccc(F)cc4)nc3)ccc21. The average Bonchev–Trinajstić information content (AvgIpc) is 2.95. The number of aryl methyl sites for hydroxylation is 2. The number of carbonyl (C=O) groups is 1.